The Morgan fingerprint density at radius 1 is 1.43 bits per heavy atom. The van der Waals surface area contributed by atoms with Gasteiger partial charge in [0.25, 0.3) is 0 Å². The first kappa shape index (κ1) is 13.9. The third-order valence-corrected chi connectivity index (χ3v) is 3.95. The fourth-order valence-corrected chi connectivity index (χ4v) is 2.88. The van der Waals surface area contributed by atoms with E-state index >= 15 is 0 Å². The molecule has 0 N–H and O–H groups in total. The smallest absolute Gasteiger partial charge is 0.218 e. The quantitative estimate of drug-likeness (QED) is 0.862. The third kappa shape index (κ3) is 3.01. The van der Waals surface area contributed by atoms with E-state index in [1.807, 2.05) is 25.1 Å². The van der Waals surface area contributed by atoms with Crippen molar-refractivity contribution in [1.29, 1.82) is 0 Å². The van der Waals surface area contributed by atoms with Gasteiger partial charge in [-0.1, -0.05) is 6.92 Å². The monoisotopic (exact) mass is 287 g/mol. The van der Waals surface area contributed by atoms with Gasteiger partial charge in [0, 0.05) is 12.6 Å². The second kappa shape index (κ2) is 6.16. The summed E-state index contributed by atoms with van der Waals surface area (Å²) in [7, 11) is 0. The number of hydrogen-bond acceptors (Lipinski definition) is 5. The van der Waals surface area contributed by atoms with E-state index in [-0.39, 0.29) is 6.04 Å². The predicted octanol–water partition coefficient (Wildman–Crippen LogP) is 3.45. The molecule has 0 spiro atoms. The Bertz CT molecular complexity index is 571. The zero-order valence-corrected chi connectivity index (χ0v) is 12.5. The van der Waals surface area contributed by atoms with Gasteiger partial charge in [0.2, 0.25) is 5.88 Å². The summed E-state index contributed by atoms with van der Waals surface area (Å²) in [5.74, 6) is 3.21. The van der Waals surface area contributed by atoms with Crippen LogP contribution in [0, 0.1) is 5.92 Å². The summed E-state index contributed by atoms with van der Waals surface area (Å²) >= 11 is 0. The van der Waals surface area contributed by atoms with E-state index in [0.717, 1.165) is 31.0 Å². The van der Waals surface area contributed by atoms with Crippen LogP contribution in [-0.4, -0.2) is 23.1 Å². The van der Waals surface area contributed by atoms with Gasteiger partial charge in [-0.15, -0.1) is 0 Å². The fourth-order valence-electron chi connectivity index (χ4n) is 2.88. The summed E-state index contributed by atoms with van der Waals surface area (Å²) in [5, 5.41) is 0. The van der Waals surface area contributed by atoms with Crippen LogP contribution in [0.5, 0.6) is 5.88 Å². The van der Waals surface area contributed by atoms with Crippen LogP contribution in [0.2, 0.25) is 0 Å². The van der Waals surface area contributed by atoms with Crippen LogP contribution >= 0.6 is 0 Å². The Kier molecular flexibility index (Phi) is 4.08. The Balaban J connectivity index is 1.89. The number of rotatable bonds is 4. The SMILES string of the molecule is CCOc1cc(N2CCC(C)CC2c2ccco2)ncn1. The van der Waals surface area contributed by atoms with E-state index in [1.54, 1.807) is 12.6 Å². The maximum absolute atomic E-state index is 5.63. The van der Waals surface area contributed by atoms with Gasteiger partial charge >= 0.3 is 0 Å². The molecule has 5 heteroatoms. The number of hydrogen-bond donors (Lipinski definition) is 0. The second-order valence-electron chi connectivity index (χ2n) is 5.50. The first-order valence-corrected chi connectivity index (χ1v) is 7.52. The van der Waals surface area contributed by atoms with Crippen molar-refractivity contribution in [3.63, 3.8) is 0 Å². The molecule has 2 atom stereocenters. The van der Waals surface area contributed by atoms with Crippen molar-refractivity contribution in [2.75, 3.05) is 18.1 Å². The molecular weight excluding hydrogens is 266 g/mol. The highest BCUT2D eigenvalue weighted by Gasteiger charge is 2.30. The van der Waals surface area contributed by atoms with E-state index in [1.165, 1.54) is 0 Å². The minimum absolute atomic E-state index is 0.230. The van der Waals surface area contributed by atoms with E-state index in [4.69, 9.17) is 9.15 Å². The molecule has 21 heavy (non-hydrogen) atoms. The molecular formula is C16H21N3O2. The lowest BCUT2D eigenvalue weighted by Crippen LogP contribution is -2.36. The van der Waals surface area contributed by atoms with Gasteiger partial charge < -0.3 is 14.1 Å². The van der Waals surface area contributed by atoms with E-state index in [0.29, 0.717) is 18.4 Å². The normalized spacial score (nSPS) is 22.3. The highest BCUT2D eigenvalue weighted by atomic mass is 16.5. The van der Waals surface area contributed by atoms with Crippen molar-refractivity contribution in [2.45, 2.75) is 32.7 Å². The highest BCUT2D eigenvalue weighted by Crippen LogP contribution is 2.37. The van der Waals surface area contributed by atoms with Crippen LogP contribution in [-0.2, 0) is 0 Å². The van der Waals surface area contributed by atoms with E-state index in [2.05, 4.69) is 21.8 Å². The highest BCUT2D eigenvalue weighted by molar-refractivity contribution is 5.43. The van der Waals surface area contributed by atoms with Gasteiger partial charge in [0.15, 0.2) is 0 Å². The average Bonchev–Trinajstić information content (AvgIpc) is 3.02. The molecule has 0 saturated carbocycles. The molecule has 112 valence electrons. The summed E-state index contributed by atoms with van der Waals surface area (Å²) in [5.41, 5.74) is 0. The summed E-state index contributed by atoms with van der Waals surface area (Å²) < 4.78 is 11.1. The number of aromatic nitrogens is 2. The molecule has 1 fully saturated rings. The molecule has 5 nitrogen and oxygen atoms in total. The number of furan rings is 1. The molecule has 2 aromatic rings. The Morgan fingerprint density at radius 3 is 3.10 bits per heavy atom. The minimum Gasteiger partial charge on any atom is -0.478 e. The van der Waals surface area contributed by atoms with Gasteiger partial charge in [0.1, 0.15) is 17.9 Å². The zero-order valence-electron chi connectivity index (χ0n) is 12.5. The van der Waals surface area contributed by atoms with Crippen molar-refractivity contribution < 1.29 is 9.15 Å². The van der Waals surface area contributed by atoms with Gasteiger partial charge in [-0.3, -0.25) is 0 Å². The number of anilines is 1. The van der Waals surface area contributed by atoms with E-state index in [9.17, 15) is 0 Å². The maximum Gasteiger partial charge on any atom is 0.218 e. The van der Waals surface area contributed by atoms with Gasteiger partial charge in [-0.25, -0.2) is 9.97 Å². The van der Waals surface area contributed by atoms with Crippen LogP contribution in [0.3, 0.4) is 0 Å². The molecule has 1 saturated heterocycles. The standard InChI is InChI=1S/C16H21N3O2/c1-3-20-16-10-15(17-11-18-16)19-7-6-12(2)9-13(19)14-5-4-8-21-14/h4-5,8,10-13H,3,6-7,9H2,1-2H3. The fraction of sp³-hybridized carbons (Fsp3) is 0.500. The second-order valence-corrected chi connectivity index (χ2v) is 5.50. The number of piperidine rings is 1. The molecule has 0 aromatic carbocycles. The summed E-state index contributed by atoms with van der Waals surface area (Å²) in [4.78, 5) is 10.9. The Labute approximate surface area is 125 Å². The van der Waals surface area contributed by atoms with Crippen molar-refractivity contribution in [2.24, 2.45) is 5.92 Å². The van der Waals surface area contributed by atoms with Crippen molar-refractivity contribution >= 4 is 5.82 Å². The van der Waals surface area contributed by atoms with Crippen LogP contribution in [0.15, 0.2) is 35.2 Å². The molecule has 1 aliphatic heterocycles. The number of ether oxygens (including phenoxy) is 1. The van der Waals surface area contributed by atoms with Crippen molar-refractivity contribution in [1.82, 2.24) is 9.97 Å². The topological polar surface area (TPSA) is 51.4 Å². The van der Waals surface area contributed by atoms with Crippen LogP contribution in [0.4, 0.5) is 5.82 Å². The van der Waals surface area contributed by atoms with E-state index < -0.39 is 0 Å². The Morgan fingerprint density at radius 2 is 2.33 bits per heavy atom. The van der Waals surface area contributed by atoms with Gasteiger partial charge in [-0.2, -0.15) is 0 Å². The van der Waals surface area contributed by atoms with Crippen LogP contribution < -0.4 is 9.64 Å². The molecule has 3 rings (SSSR count). The molecule has 0 radical (unpaired) electrons. The lowest BCUT2D eigenvalue weighted by atomic mass is 9.91. The van der Waals surface area contributed by atoms with Gasteiger partial charge in [-0.05, 0) is 37.8 Å². The summed E-state index contributed by atoms with van der Waals surface area (Å²) in [6, 6.07) is 6.13. The lowest BCUT2D eigenvalue weighted by Gasteiger charge is -2.38. The molecule has 0 bridgehead atoms. The molecule has 1 aliphatic rings. The predicted molar refractivity (Wildman–Crippen MR) is 80.4 cm³/mol. The first-order chi connectivity index (χ1) is 10.3. The first-order valence-electron chi connectivity index (χ1n) is 7.52. The van der Waals surface area contributed by atoms with Gasteiger partial charge in [0.05, 0.1) is 18.9 Å². The van der Waals surface area contributed by atoms with Crippen LogP contribution in [0.1, 0.15) is 38.5 Å². The summed E-state index contributed by atoms with van der Waals surface area (Å²) in [6.07, 6.45) is 5.53. The maximum atomic E-state index is 5.63. The lowest BCUT2D eigenvalue weighted by molar-refractivity contribution is 0.319. The largest absolute Gasteiger partial charge is 0.478 e. The number of nitrogens with zero attached hydrogens (tertiary/aromatic N) is 3. The molecule has 3 heterocycles. The molecule has 0 amide bonds. The third-order valence-electron chi connectivity index (χ3n) is 3.95. The van der Waals surface area contributed by atoms with Crippen molar-refractivity contribution in [3.8, 4) is 5.88 Å². The Hall–Kier alpha value is -2.04. The minimum atomic E-state index is 0.230. The van der Waals surface area contributed by atoms with Crippen molar-refractivity contribution in [3.05, 3.63) is 36.5 Å². The summed E-state index contributed by atoms with van der Waals surface area (Å²) in [6.45, 7) is 5.82. The molecule has 2 unspecified atom stereocenters. The van der Waals surface area contributed by atoms with Crippen LogP contribution in [0.25, 0.3) is 0 Å². The molecule has 2 aromatic heterocycles. The average molecular weight is 287 g/mol. The zero-order chi connectivity index (χ0) is 14.7. The molecule has 0 aliphatic carbocycles.